The van der Waals surface area contributed by atoms with Gasteiger partial charge >= 0.3 is 6.36 Å². The summed E-state index contributed by atoms with van der Waals surface area (Å²) in [5.41, 5.74) is 0.277. The number of aliphatic hydroxyl groups excluding tert-OH is 1. The maximum atomic E-state index is 12.5. The lowest BCUT2D eigenvalue weighted by molar-refractivity contribution is -0.274. The van der Waals surface area contributed by atoms with Gasteiger partial charge in [0, 0.05) is 24.8 Å². The Morgan fingerprint density at radius 2 is 1.88 bits per heavy atom. The standard InChI is InChI=1S/C18H18F3NO3/c19-18(20,21)25-14-5-3-4-13(12-14)17(7-10-24-11-8-17)16(23)15-6-1-2-9-22-15/h1-6,9,12,16,23H,7-8,10-11H2/t16-/m0/s1. The van der Waals surface area contributed by atoms with Gasteiger partial charge in [0.15, 0.2) is 0 Å². The lowest BCUT2D eigenvalue weighted by atomic mass is 9.69. The van der Waals surface area contributed by atoms with Crippen LogP contribution in [-0.4, -0.2) is 29.7 Å². The Labute approximate surface area is 143 Å². The molecular formula is C18H18F3NO3. The Morgan fingerprint density at radius 3 is 2.52 bits per heavy atom. The molecule has 1 fully saturated rings. The molecule has 0 amide bonds. The lowest BCUT2D eigenvalue weighted by Gasteiger charge is -2.41. The van der Waals surface area contributed by atoms with Crippen LogP contribution in [0.1, 0.15) is 30.2 Å². The largest absolute Gasteiger partial charge is 0.573 e. The summed E-state index contributed by atoms with van der Waals surface area (Å²) >= 11 is 0. The summed E-state index contributed by atoms with van der Waals surface area (Å²) in [6.45, 7) is 0.822. The number of aromatic nitrogens is 1. The Balaban J connectivity index is 2.00. The molecule has 0 aliphatic carbocycles. The molecule has 1 saturated heterocycles. The monoisotopic (exact) mass is 353 g/mol. The van der Waals surface area contributed by atoms with Gasteiger partial charge in [-0.05, 0) is 42.7 Å². The number of nitrogens with zero attached hydrogens (tertiary/aromatic N) is 1. The van der Waals surface area contributed by atoms with Crippen molar-refractivity contribution in [3.63, 3.8) is 0 Å². The highest BCUT2D eigenvalue weighted by Crippen LogP contribution is 2.45. The van der Waals surface area contributed by atoms with Gasteiger partial charge in [-0.2, -0.15) is 0 Å². The lowest BCUT2D eigenvalue weighted by Crippen LogP contribution is -2.40. The van der Waals surface area contributed by atoms with Crippen LogP contribution in [0.5, 0.6) is 5.75 Å². The van der Waals surface area contributed by atoms with E-state index in [0.29, 0.717) is 37.3 Å². The molecule has 134 valence electrons. The first-order chi connectivity index (χ1) is 11.9. The van der Waals surface area contributed by atoms with Gasteiger partial charge in [-0.3, -0.25) is 4.98 Å². The zero-order valence-electron chi connectivity index (χ0n) is 13.4. The van der Waals surface area contributed by atoms with E-state index in [1.807, 2.05) is 0 Å². The highest BCUT2D eigenvalue weighted by atomic mass is 19.4. The van der Waals surface area contributed by atoms with Crippen molar-refractivity contribution in [3.8, 4) is 5.75 Å². The summed E-state index contributed by atoms with van der Waals surface area (Å²) in [7, 11) is 0. The molecule has 2 aromatic rings. The van der Waals surface area contributed by atoms with Crippen LogP contribution in [0.4, 0.5) is 13.2 Å². The van der Waals surface area contributed by atoms with Gasteiger partial charge in [0.2, 0.25) is 0 Å². The minimum atomic E-state index is -4.76. The quantitative estimate of drug-likeness (QED) is 0.909. The average molecular weight is 353 g/mol. The maximum Gasteiger partial charge on any atom is 0.573 e. The van der Waals surface area contributed by atoms with Gasteiger partial charge in [0.25, 0.3) is 0 Å². The second-order valence-electron chi connectivity index (χ2n) is 6.00. The number of pyridine rings is 1. The summed E-state index contributed by atoms with van der Waals surface area (Å²) in [4.78, 5) is 4.20. The number of rotatable bonds is 4. The Kier molecular flexibility index (Phi) is 4.96. The number of ether oxygens (including phenoxy) is 2. The van der Waals surface area contributed by atoms with E-state index in [2.05, 4.69) is 9.72 Å². The number of benzene rings is 1. The van der Waals surface area contributed by atoms with Crippen molar-refractivity contribution < 1.29 is 27.8 Å². The first-order valence-electron chi connectivity index (χ1n) is 7.94. The summed E-state index contributed by atoms with van der Waals surface area (Å²) in [6, 6.07) is 11.0. The van der Waals surface area contributed by atoms with E-state index in [0.717, 1.165) is 0 Å². The molecule has 0 radical (unpaired) electrons. The number of halogens is 3. The van der Waals surface area contributed by atoms with Crippen molar-refractivity contribution in [3.05, 3.63) is 59.9 Å². The molecule has 3 rings (SSSR count). The third-order valence-electron chi connectivity index (χ3n) is 4.52. The second-order valence-corrected chi connectivity index (χ2v) is 6.00. The summed E-state index contributed by atoms with van der Waals surface area (Å²) < 4.78 is 47.0. The predicted molar refractivity (Wildman–Crippen MR) is 84.1 cm³/mol. The van der Waals surface area contributed by atoms with Gasteiger partial charge in [0.1, 0.15) is 11.9 Å². The van der Waals surface area contributed by atoms with Gasteiger partial charge in [-0.25, -0.2) is 0 Å². The molecule has 25 heavy (non-hydrogen) atoms. The van der Waals surface area contributed by atoms with Crippen LogP contribution in [0.25, 0.3) is 0 Å². The topological polar surface area (TPSA) is 51.6 Å². The smallest absolute Gasteiger partial charge is 0.406 e. The zero-order valence-corrected chi connectivity index (χ0v) is 13.4. The van der Waals surface area contributed by atoms with Gasteiger partial charge in [0.05, 0.1) is 5.69 Å². The normalized spacial score (nSPS) is 18.6. The molecule has 4 nitrogen and oxygen atoms in total. The highest BCUT2D eigenvalue weighted by Gasteiger charge is 2.43. The highest BCUT2D eigenvalue weighted by molar-refractivity contribution is 5.37. The molecule has 0 bridgehead atoms. The van der Waals surface area contributed by atoms with Crippen molar-refractivity contribution in [2.45, 2.75) is 30.7 Å². The summed E-state index contributed by atoms with van der Waals surface area (Å²) in [5, 5.41) is 11.0. The van der Waals surface area contributed by atoms with Crippen molar-refractivity contribution in [1.29, 1.82) is 0 Å². The van der Waals surface area contributed by atoms with E-state index < -0.39 is 17.9 Å². The van der Waals surface area contributed by atoms with Gasteiger partial charge in [-0.15, -0.1) is 13.2 Å². The zero-order chi connectivity index (χ0) is 17.9. The van der Waals surface area contributed by atoms with Crippen LogP contribution in [0.3, 0.4) is 0 Å². The number of aliphatic hydroxyl groups is 1. The fourth-order valence-corrected chi connectivity index (χ4v) is 3.28. The SMILES string of the molecule is O[C@@H](c1ccccn1)C1(c2cccc(OC(F)(F)F)c2)CCOCC1. The first-order valence-corrected chi connectivity index (χ1v) is 7.94. The molecule has 0 unspecified atom stereocenters. The third kappa shape index (κ3) is 3.93. The molecule has 1 atom stereocenters. The summed E-state index contributed by atoms with van der Waals surface area (Å²) in [5.74, 6) is -0.302. The maximum absolute atomic E-state index is 12.5. The van der Waals surface area contributed by atoms with Crippen LogP contribution < -0.4 is 4.74 Å². The van der Waals surface area contributed by atoms with Crippen LogP contribution in [0.2, 0.25) is 0 Å². The Morgan fingerprint density at radius 1 is 1.12 bits per heavy atom. The van der Waals surface area contributed by atoms with E-state index in [-0.39, 0.29) is 5.75 Å². The molecule has 0 spiro atoms. The van der Waals surface area contributed by atoms with Crippen LogP contribution in [0, 0.1) is 0 Å². The number of hydrogen-bond acceptors (Lipinski definition) is 4. The Hall–Kier alpha value is -2.12. The molecular weight excluding hydrogens is 335 g/mol. The van der Waals surface area contributed by atoms with E-state index in [4.69, 9.17) is 4.74 Å². The predicted octanol–water partition coefficient (Wildman–Crippen LogP) is 3.76. The number of alkyl halides is 3. The van der Waals surface area contributed by atoms with Gasteiger partial charge < -0.3 is 14.6 Å². The summed E-state index contributed by atoms with van der Waals surface area (Å²) in [6.07, 6.45) is -3.20. The Bertz CT molecular complexity index is 700. The van der Waals surface area contributed by atoms with Crippen LogP contribution in [-0.2, 0) is 10.2 Å². The number of hydrogen-bond donors (Lipinski definition) is 1. The first kappa shape index (κ1) is 17.7. The van der Waals surface area contributed by atoms with E-state index in [1.165, 1.54) is 18.2 Å². The molecule has 1 aromatic heterocycles. The van der Waals surface area contributed by atoms with Crippen LogP contribution in [0.15, 0.2) is 48.7 Å². The van der Waals surface area contributed by atoms with E-state index in [9.17, 15) is 18.3 Å². The fraction of sp³-hybridized carbons (Fsp3) is 0.389. The molecule has 2 heterocycles. The second kappa shape index (κ2) is 7.01. The molecule has 0 saturated carbocycles. The van der Waals surface area contributed by atoms with Crippen molar-refractivity contribution in [2.24, 2.45) is 0 Å². The minimum absolute atomic E-state index is 0.302. The average Bonchev–Trinajstić information content (AvgIpc) is 2.61. The van der Waals surface area contributed by atoms with Crippen molar-refractivity contribution in [2.75, 3.05) is 13.2 Å². The minimum Gasteiger partial charge on any atom is -0.406 e. The molecule has 1 aromatic carbocycles. The molecule has 7 heteroatoms. The van der Waals surface area contributed by atoms with Crippen LogP contribution >= 0.6 is 0 Å². The third-order valence-corrected chi connectivity index (χ3v) is 4.52. The van der Waals surface area contributed by atoms with E-state index >= 15 is 0 Å². The fourth-order valence-electron chi connectivity index (χ4n) is 3.28. The van der Waals surface area contributed by atoms with E-state index in [1.54, 1.807) is 30.5 Å². The molecule has 1 N–H and O–H groups in total. The van der Waals surface area contributed by atoms with Crippen molar-refractivity contribution in [1.82, 2.24) is 4.98 Å². The molecule has 1 aliphatic heterocycles. The van der Waals surface area contributed by atoms with Crippen molar-refractivity contribution >= 4 is 0 Å². The van der Waals surface area contributed by atoms with Gasteiger partial charge in [-0.1, -0.05) is 18.2 Å². The molecule has 1 aliphatic rings.